The first-order valence-electron chi connectivity index (χ1n) is 4.64. The smallest absolute Gasteiger partial charge is 0.327 e. The van der Waals surface area contributed by atoms with E-state index in [0.717, 1.165) is 11.3 Å². The fraction of sp³-hybridized carbons (Fsp3) is 0.556. The van der Waals surface area contributed by atoms with Crippen LogP contribution >= 0.6 is 0 Å². The van der Waals surface area contributed by atoms with Crippen LogP contribution in [0.15, 0.2) is 6.20 Å². The molecule has 1 aliphatic rings. The molecule has 0 radical (unpaired) electrons. The number of nitrogens with zero attached hydrogens (tertiary/aromatic N) is 2. The third kappa shape index (κ3) is 1.39. The van der Waals surface area contributed by atoms with Gasteiger partial charge >= 0.3 is 5.97 Å². The number of carbonyl (C=O) groups excluding carboxylic acids is 1. The summed E-state index contributed by atoms with van der Waals surface area (Å²) in [5.74, 6) is -0.223. The van der Waals surface area contributed by atoms with E-state index in [1.165, 1.54) is 0 Å². The first-order chi connectivity index (χ1) is 6.72. The lowest BCUT2D eigenvalue weighted by molar-refractivity contribution is -0.145. The minimum absolute atomic E-state index is 0.223. The molecule has 0 saturated carbocycles. The Bertz CT molecular complexity index is 359. The second kappa shape index (κ2) is 3.42. The normalized spacial score (nSPS) is 19.4. The molecule has 0 saturated heterocycles. The zero-order valence-electron chi connectivity index (χ0n) is 8.28. The topological polar surface area (TPSA) is 56.1 Å². The standard InChI is InChI=1S/C9H13N3O2/c1-3-14-9(13)8-6-5-12(2)11-7(6)4-10-8/h5,8,10H,3-4H2,1-2H3. The van der Waals surface area contributed by atoms with E-state index in [1.807, 2.05) is 13.2 Å². The van der Waals surface area contributed by atoms with Crippen molar-refractivity contribution >= 4 is 5.97 Å². The van der Waals surface area contributed by atoms with Crippen LogP contribution in [0.1, 0.15) is 24.2 Å². The highest BCUT2D eigenvalue weighted by atomic mass is 16.5. The predicted molar refractivity (Wildman–Crippen MR) is 49.4 cm³/mol. The number of ether oxygens (including phenoxy) is 1. The average Bonchev–Trinajstić information content (AvgIpc) is 2.62. The molecule has 0 spiro atoms. The fourth-order valence-electron chi connectivity index (χ4n) is 1.68. The summed E-state index contributed by atoms with van der Waals surface area (Å²) in [5.41, 5.74) is 1.87. The lowest BCUT2D eigenvalue weighted by Crippen LogP contribution is -2.24. The number of hydrogen-bond donors (Lipinski definition) is 1. The second-order valence-corrected chi connectivity index (χ2v) is 3.27. The number of fused-ring (bicyclic) bond motifs is 1. The molecular weight excluding hydrogens is 182 g/mol. The Kier molecular flexibility index (Phi) is 2.25. The number of hydrogen-bond acceptors (Lipinski definition) is 4. The number of rotatable bonds is 2. The van der Waals surface area contributed by atoms with Crippen molar-refractivity contribution in [3.05, 3.63) is 17.5 Å². The number of nitrogens with one attached hydrogen (secondary N) is 1. The van der Waals surface area contributed by atoms with Crippen LogP contribution in [0.3, 0.4) is 0 Å². The number of aromatic nitrogens is 2. The third-order valence-electron chi connectivity index (χ3n) is 2.24. The maximum Gasteiger partial charge on any atom is 0.327 e. The van der Waals surface area contributed by atoms with Gasteiger partial charge in [-0.05, 0) is 6.92 Å². The summed E-state index contributed by atoms with van der Waals surface area (Å²) < 4.78 is 6.67. The van der Waals surface area contributed by atoms with Gasteiger partial charge in [-0.15, -0.1) is 0 Å². The van der Waals surface area contributed by atoms with Crippen molar-refractivity contribution in [1.82, 2.24) is 15.1 Å². The summed E-state index contributed by atoms with van der Waals surface area (Å²) in [4.78, 5) is 11.5. The largest absolute Gasteiger partial charge is 0.465 e. The van der Waals surface area contributed by atoms with Gasteiger partial charge in [-0.3, -0.25) is 10.00 Å². The molecule has 1 N–H and O–H groups in total. The Hall–Kier alpha value is -1.36. The molecule has 5 heteroatoms. The lowest BCUT2D eigenvalue weighted by Gasteiger charge is -2.09. The van der Waals surface area contributed by atoms with E-state index in [-0.39, 0.29) is 12.0 Å². The van der Waals surface area contributed by atoms with Gasteiger partial charge < -0.3 is 4.74 Å². The molecule has 0 bridgehead atoms. The monoisotopic (exact) mass is 195 g/mol. The summed E-state index contributed by atoms with van der Waals surface area (Å²) in [5, 5.41) is 7.29. The van der Waals surface area contributed by atoms with Gasteiger partial charge in [0.2, 0.25) is 0 Å². The zero-order valence-corrected chi connectivity index (χ0v) is 8.28. The van der Waals surface area contributed by atoms with Crippen LogP contribution in [0.4, 0.5) is 0 Å². The lowest BCUT2D eigenvalue weighted by atomic mass is 10.2. The van der Waals surface area contributed by atoms with Crippen LogP contribution in [-0.4, -0.2) is 22.4 Å². The van der Waals surface area contributed by atoms with Crippen molar-refractivity contribution in [2.24, 2.45) is 7.05 Å². The summed E-state index contributed by atoms with van der Waals surface area (Å²) >= 11 is 0. The molecule has 0 fully saturated rings. The highest BCUT2D eigenvalue weighted by molar-refractivity contribution is 5.78. The van der Waals surface area contributed by atoms with Gasteiger partial charge in [0.15, 0.2) is 0 Å². The van der Waals surface area contributed by atoms with Crippen molar-refractivity contribution in [2.75, 3.05) is 6.61 Å². The minimum atomic E-state index is -0.335. The summed E-state index contributed by atoms with van der Waals surface area (Å²) in [6.45, 7) is 2.85. The van der Waals surface area contributed by atoms with Gasteiger partial charge in [0, 0.05) is 25.4 Å². The molecule has 1 aliphatic heterocycles. The van der Waals surface area contributed by atoms with Crippen LogP contribution < -0.4 is 5.32 Å². The SMILES string of the molecule is CCOC(=O)C1NCc2nn(C)cc21. The highest BCUT2D eigenvalue weighted by Gasteiger charge is 2.31. The highest BCUT2D eigenvalue weighted by Crippen LogP contribution is 2.24. The molecule has 0 aromatic carbocycles. The van der Waals surface area contributed by atoms with E-state index in [0.29, 0.717) is 13.2 Å². The molecule has 1 aromatic rings. The molecule has 1 aromatic heterocycles. The average molecular weight is 195 g/mol. The van der Waals surface area contributed by atoms with Crippen LogP contribution in [0.5, 0.6) is 0 Å². The van der Waals surface area contributed by atoms with E-state index in [9.17, 15) is 4.79 Å². The Balaban J connectivity index is 2.20. The summed E-state index contributed by atoms with van der Waals surface area (Å²) in [6, 6.07) is -0.335. The number of aryl methyl sites for hydroxylation is 1. The van der Waals surface area contributed by atoms with Gasteiger partial charge in [-0.25, -0.2) is 4.79 Å². The molecule has 0 amide bonds. The van der Waals surface area contributed by atoms with Crippen LogP contribution in [0.25, 0.3) is 0 Å². The second-order valence-electron chi connectivity index (χ2n) is 3.27. The van der Waals surface area contributed by atoms with E-state index in [1.54, 1.807) is 11.6 Å². The van der Waals surface area contributed by atoms with Crippen LogP contribution in [0.2, 0.25) is 0 Å². The molecule has 5 nitrogen and oxygen atoms in total. The zero-order chi connectivity index (χ0) is 10.1. The Labute approximate surface area is 82.0 Å². The van der Waals surface area contributed by atoms with E-state index in [4.69, 9.17) is 4.74 Å². The predicted octanol–water partition coefficient (Wildman–Crippen LogP) is 0.127. The molecule has 2 heterocycles. The minimum Gasteiger partial charge on any atom is -0.465 e. The van der Waals surface area contributed by atoms with Crippen molar-refractivity contribution in [3.8, 4) is 0 Å². The van der Waals surface area contributed by atoms with E-state index in [2.05, 4.69) is 10.4 Å². The van der Waals surface area contributed by atoms with Gasteiger partial charge in [0.1, 0.15) is 6.04 Å². The van der Waals surface area contributed by atoms with Crippen molar-refractivity contribution in [2.45, 2.75) is 19.5 Å². The van der Waals surface area contributed by atoms with E-state index < -0.39 is 0 Å². The first kappa shape index (κ1) is 9.21. The van der Waals surface area contributed by atoms with Crippen LogP contribution in [-0.2, 0) is 23.1 Å². The Morgan fingerprint density at radius 1 is 1.86 bits per heavy atom. The maximum atomic E-state index is 11.5. The number of carbonyl (C=O) groups is 1. The maximum absolute atomic E-state index is 11.5. The number of esters is 1. The molecule has 14 heavy (non-hydrogen) atoms. The van der Waals surface area contributed by atoms with Crippen molar-refractivity contribution < 1.29 is 9.53 Å². The van der Waals surface area contributed by atoms with Gasteiger partial charge in [-0.1, -0.05) is 0 Å². The Morgan fingerprint density at radius 2 is 2.64 bits per heavy atom. The third-order valence-corrected chi connectivity index (χ3v) is 2.24. The fourth-order valence-corrected chi connectivity index (χ4v) is 1.68. The van der Waals surface area contributed by atoms with Crippen molar-refractivity contribution in [3.63, 3.8) is 0 Å². The molecule has 76 valence electrons. The summed E-state index contributed by atoms with van der Waals surface area (Å²) in [7, 11) is 1.85. The van der Waals surface area contributed by atoms with Gasteiger partial charge in [0.05, 0.1) is 12.3 Å². The quantitative estimate of drug-likeness (QED) is 0.681. The van der Waals surface area contributed by atoms with Gasteiger partial charge in [0.25, 0.3) is 0 Å². The molecule has 1 atom stereocenters. The molecule has 1 unspecified atom stereocenters. The Morgan fingerprint density at radius 3 is 3.36 bits per heavy atom. The van der Waals surface area contributed by atoms with E-state index >= 15 is 0 Å². The first-order valence-corrected chi connectivity index (χ1v) is 4.64. The molecular formula is C9H13N3O2. The van der Waals surface area contributed by atoms with Crippen molar-refractivity contribution in [1.29, 1.82) is 0 Å². The van der Waals surface area contributed by atoms with Gasteiger partial charge in [-0.2, -0.15) is 5.10 Å². The van der Waals surface area contributed by atoms with Crippen LogP contribution in [0, 0.1) is 0 Å². The molecule has 0 aliphatic carbocycles. The molecule has 2 rings (SSSR count). The summed E-state index contributed by atoms with van der Waals surface area (Å²) in [6.07, 6.45) is 1.86.